The number of nitrogens with zero attached hydrogens (tertiary/aromatic N) is 5. The van der Waals surface area contributed by atoms with Gasteiger partial charge in [-0.15, -0.1) is 10.2 Å². The van der Waals surface area contributed by atoms with Crippen LogP contribution in [0.4, 0.5) is 0 Å². The third kappa shape index (κ3) is 3.19. The van der Waals surface area contributed by atoms with Crippen LogP contribution >= 0.6 is 0 Å². The zero-order valence-corrected chi connectivity index (χ0v) is 11.3. The van der Waals surface area contributed by atoms with Gasteiger partial charge in [0.05, 0.1) is 5.52 Å². The van der Waals surface area contributed by atoms with Gasteiger partial charge in [-0.05, 0) is 24.6 Å². The smallest absolute Gasteiger partial charge is 0.291 e. The quantitative estimate of drug-likeness (QED) is 0.707. The molecule has 0 saturated carbocycles. The maximum absolute atomic E-state index is 12.0. The molecule has 0 saturated heterocycles. The summed E-state index contributed by atoms with van der Waals surface area (Å²) in [6.45, 7) is 1.29. The van der Waals surface area contributed by atoms with E-state index in [0.717, 1.165) is 13.0 Å². The predicted octanol–water partition coefficient (Wildman–Crippen LogP) is 1.04. The van der Waals surface area contributed by atoms with Crippen LogP contribution in [0.2, 0.25) is 0 Å². The van der Waals surface area contributed by atoms with Gasteiger partial charge < -0.3 is 5.32 Å². The molecule has 1 N–H and O–H groups in total. The number of aryl methyl sites for hydroxylation is 1. The molecule has 1 amide bonds. The number of aromatic nitrogens is 5. The van der Waals surface area contributed by atoms with E-state index in [1.165, 1.54) is 0 Å². The van der Waals surface area contributed by atoms with Crippen molar-refractivity contribution in [1.29, 1.82) is 0 Å². The lowest BCUT2D eigenvalue weighted by Crippen LogP contribution is -2.27. The van der Waals surface area contributed by atoms with Gasteiger partial charge in [-0.1, -0.05) is 12.1 Å². The maximum atomic E-state index is 12.0. The van der Waals surface area contributed by atoms with Gasteiger partial charge in [-0.25, -0.2) is 4.98 Å². The molecule has 0 unspecified atom stereocenters. The Morgan fingerprint density at radius 2 is 2.00 bits per heavy atom. The Morgan fingerprint density at radius 1 is 1.14 bits per heavy atom. The number of carbonyl (C=O) groups excluding carboxylic acids is 1. The summed E-state index contributed by atoms with van der Waals surface area (Å²) >= 11 is 0. The fourth-order valence-electron chi connectivity index (χ4n) is 1.93. The van der Waals surface area contributed by atoms with Crippen molar-refractivity contribution in [1.82, 2.24) is 30.3 Å². The number of rotatable bonds is 5. The van der Waals surface area contributed by atoms with Crippen molar-refractivity contribution in [2.24, 2.45) is 0 Å². The van der Waals surface area contributed by atoms with Crippen LogP contribution in [0, 0.1) is 0 Å². The summed E-state index contributed by atoms with van der Waals surface area (Å²) in [7, 11) is 0. The first-order valence-corrected chi connectivity index (χ1v) is 6.68. The van der Waals surface area contributed by atoms with Gasteiger partial charge in [0.1, 0.15) is 5.52 Å². The molecule has 3 rings (SSSR count). The molecule has 0 atom stereocenters. The molecule has 7 heteroatoms. The van der Waals surface area contributed by atoms with Crippen molar-refractivity contribution in [3.8, 4) is 0 Å². The summed E-state index contributed by atoms with van der Waals surface area (Å²) in [5.74, 6) is -0.221. The number of hydrogen-bond acceptors (Lipinski definition) is 5. The first kappa shape index (κ1) is 13.2. The van der Waals surface area contributed by atoms with Crippen molar-refractivity contribution in [2.75, 3.05) is 6.54 Å². The Labute approximate surface area is 121 Å². The number of para-hydroxylation sites is 1. The van der Waals surface area contributed by atoms with Crippen molar-refractivity contribution in [2.45, 2.75) is 13.0 Å². The first-order chi connectivity index (χ1) is 10.3. The van der Waals surface area contributed by atoms with E-state index in [9.17, 15) is 4.79 Å². The molecule has 0 aliphatic heterocycles. The molecule has 0 aliphatic carbocycles. The number of carbonyl (C=O) groups is 1. The Hall–Kier alpha value is -2.83. The van der Waals surface area contributed by atoms with Gasteiger partial charge in [0.25, 0.3) is 5.91 Å². The minimum absolute atomic E-state index is 0.0905. The highest BCUT2D eigenvalue weighted by molar-refractivity contribution is 5.91. The Balaban J connectivity index is 1.56. The lowest BCUT2D eigenvalue weighted by molar-refractivity contribution is 0.0941. The predicted molar refractivity (Wildman–Crippen MR) is 76.5 cm³/mol. The van der Waals surface area contributed by atoms with Crippen LogP contribution in [0.15, 0.2) is 42.7 Å². The zero-order chi connectivity index (χ0) is 14.5. The SMILES string of the molecule is O=C(NCCCn1cccn1)c1nnc2ccccc2n1. The molecule has 7 nitrogen and oxygen atoms in total. The first-order valence-electron chi connectivity index (χ1n) is 6.68. The summed E-state index contributed by atoms with van der Waals surface area (Å²) in [5, 5.41) is 14.7. The second-order valence-electron chi connectivity index (χ2n) is 4.50. The van der Waals surface area contributed by atoms with Gasteiger partial charge >= 0.3 is 0 Å². The van der Waals surface area contributed by atoms with Crippen LogP contribution in [0.5, 0.6) is 0 Å². The van der Waals surface area contributed by atoms with Crippen LogP contribution in [0.1, 0.15) is 17.0 Å². The topological polar surface area (TPSA) is 85.6 Å². The van der Waals surface area contributed by atoms with E-state index in [4.69, 9.17) is 0 Å². The van der Waals surface area contributed by atoms with Crippen molar-refractivity contribution < 1.29 is 4.79 Å². The second-order valence-corrected chi connectivity index (χ2v) is 4.50. The molecule has 106 valence electrons. The van der Waals surface area contributed by atoms with E-state index in [-0.39, 0.29) is 11.7 Å². The molecule has 2 aromatic heterocycles. The molecule has 21 heavy (non-hydrogen) atoms. The summed E-state index contributed by atoms with van der Waals surface area (Å²) in [4.78, 5) is 16.2. The highest BCUT2D eigenvalue weighted by Gasteiger charge is 2.10. The number of hydrogen-bond donors (Lipinski definition) is 1. The highest BCUT2D eigenvalue weighted by Crippen LogP contribution is 2.06. The third-order valence-corrected chi connectivity index (χ3v) is 2.97. The van der Waals surface area contributed by atoms with E-state index < -0.39 is 0 Å². The molecular formula is C14H14N6O. The zero-order valence-electron chi connectivity index (χ0n) is 11.3. The number of benzene rings is 1. The normalized spacial score (nSPS) is 10.7. The number of fused-ring (bicyclic) bond motifs is 1. The largest absolute Gasteiger partial charge is 0.349 e. The molecule has 0 radical (unpaired) electrons. The maximum Gasteiger partial charge on any atom is 0.291 e. The Morgan fingerprint density at radius 3 is 2.81 bits per heavy atom. The molecule has 0 aliphatic rings. The molecule has 1 aromatic carbocycles. The lowest BCUT2D eigenvalue weighted by Gasteiger charge is -2.04. The van der Waals surface area contributed by atoms with Crippen molar-refractivity contribution >= 4 is 16.9 Å². The average molecular weight is 282 g/mol. The van der Waals surface area contributed by atoms with E-state index in [0.29, 0.717) is 17.6 Å². The fraction of sp³-hybridized carbons (Fsp3) is 0.214. The monoisotopic (exact) mass is 282 g/mol. The van der Waals surface area contributed by atoms with Crippen LogP contribution < -0.4 is 5.32 Å². The molecule has 0 spiro atoms. The summed E-state index contributed by atoms with van der Waals surface area (Å²) < 4.78 is 1.82. The van der Waals surface area contributed by atoms with Crippen LogP contribution in [-0.4, -0.2) is 37.4 Å². The van der Waals surface area contributed by atoms with E-state index in [1.807, 2.05) is 29.1 Å². The van der Waals surface area contributed by atoms with Crippen LogP contribution in [0.3, 0.4) is 0 Å². The van der Waals surface area contributed by atoms with E-state index >= 15 is 0 Å². The summed E-state index contributed by atoms with van der Waals surface area (Å²) in [6.07, 6.45) is 4.40. The van der Waals surface area contributed by atoms with Gasteiger partial charge in [-0.2, -0.15) is 5.10 Å². The van der Waals surface area contributed by atoms with Gasteiger partial charge in [0, 0.05) is 25.5 Å². The fourth-order valence-corrected chi connectivity index (χ4v) is 1.93. The summed E-state index contributed by atoms with van der Waals surface area (Å²) in [6, 6.07) is 9.18. The van der Waals surface area contributed by atoms with Crippen LogP contribution in [0.25, 0.3) is 11.0 Å². The van der Waals surface area contributed by atoms with E-state index in [1.54, 1.807) is 18.3 Å². The van der Waals surface area contributed by atoms with Crippen LogP contribution in [-0.2, 0) is 6.54 Å². The molecule has 2 heterocycles. The van der Waals surface area contributed by atoms with Gasteiger partial charge in [0.2, 0.25) is 5.82 Å². The molecule has 3 aromatic rings. The number of nitrogens with one attached hydrogen (secondary N) is 1. The molecule has 0 bridgehead atoms. The molecule has 0 fully saturated rings. The highest BCUT2D eigenvalue weighted by atomic mass is 16.2. The average Bonchev–Trinajstić information content (AvgIpc) is 3.04. The van der Waals surface area contributed by atoms with Crippen molar-refractivity contribution in [3.63, 3.8) is 0 Å². The standard InChI is InChI=1S/C14H14N6O/c21-14(15-7-3-9-20-10-4-8-16-20)13-17-11-5-1-2-6-12(11)18-19-13/h1-2,4-6,8,10H,3,7,9H2,(H,15,21). The third-order valence-electron chi connectivity index (χ3n) is 2.97. The minimum Gasteiger partial charge on any atom is -0.349 e. The lowest BCUT2D eigenvalue weighted by atomic mass is 10.3. The Kier molecular flexibility index (Phi) is 3.81. The van der Waals surface area contributed by atoms with E-state index in [2.05, 4.69) is 25.6 Å². The van der Waals surface area contributed by atoms with Gasteiger partial charge in [-0.3, -0.25) is 9.48 Å². The van der Waals surface area contributed by atoms with Crippen molar-refractivity contribution in [3.05, 3.63) is 48.5 Å². The van der Waals surface area contributed by atoms with Gasteiger partial charge in [0.15, 0.2) is 0 Å². The second kappa shape index (κ2) is 6.08. The molecular weight excluding hydrogens is 268 g/mol. The Bertz CT molecular complexity index is 740. The summed E-state index contributed by atoms with van der Waals surface area (Å²) in [5.41, 5.74) is 1.34. The number of amides is 1. The minimum atomic E-state index is -0.311.